The van der Waals surface area contributed by atoms with Crippen molar-refractivity contribution in [3.05, 3.63) is 53.6 Å². The zero-order valence-corrected chi connectivity index (χ0v) is 15.0. The Bertz CT molecular complexity index is 776. The Balaban J connectivity index is 1.80. The molecule has 0 atom stereocenters. The number of hydrogen-bond donors (Lipinski definition) is 2. The number of carbonyl (C=O) groups excluding carboxylic acids is 2. The first-order chi connectivity index (χ1) is 12.5. The zero-order valence-electron chi connectivity index (χ0n) is 15.0. The highest BCUT2D eigenvalue weighted by Crippen LogP contribution is 2.27. The molecule has 0 radical (unpaired) electrons. The van der Waals surface area contributed by atoms with Gasteiger partial charge in [-0.1, -0.05) is 12.1 Å². The van der Waals surface area contributed by atoms with Crippen molar-refractivity contribution in [2.75, 3.05) is 32.7 Å². The third kappa shape index (κ3) is 5.41. The topological polar surface area (TPSA) is 85.9 Å². The first-order valence-electron chi connectivity index (χ1n) is 8.04. The third-order valence-electron chi connectivity index (χ3n) is 3.51. The largest absolute Gasteiger partial charge is 0.493 e. The van der Waals surface area contributed by atoms with Gasteiger partial charge in [0.15, 0.2) is 11.5 Å². The quantitative estimate of drug-likeness (QED) is 0.587. The maximum absolute atomic E-state index is 11.9. The van der Waals surface area contributed by atoms with Crippen LogP contribution in [0, 0.1) is 6.92 Å². The number of esters is 1. The summed E-state index contributed by atoms with van der Waals surface area (Å²) in [7, 11) is 2.88. The van der Waals surface area contributed by atoms with E-state index in [1.165, 1.54) is 7.11 Å². The number of benzene rings is 2. The average Bonchev–Trinajstić information content (AvgIpc) is 2.65. The molecule has 0 fully saturated rings. The molecule has 0 heterocycles. The van der Waals surface area contributed by atoms with Gasteiger partial charge in [0.2, 0.25) is 0 Å². The van der Waals surface area contributed by atoms with Crippen LogP contribution < -0.4 is 20.1 Å². The minimum atomic E-state index is -0.463. The summed E-state index contributed by atoms with van der Waals surface area (Å²) in [5, 5.41) is 5.33. The highest BCUT2D eigenvalue weighted by molar-refractivity contribution is 5.93. The van der Waals surface area contributed by atoms with Crippen molar-refractivity contribution in [1.29, 1.82) is 0 Å². The van der Waals surface area contributed by atoms with Crippen LogP contribution in [0.25, 0.3) is 0 Å². The fourth-order valence-electron chi connectivity index (χ4n) is 2.24. The van der Waals surface area contributed by atoms with E-state index in [9.17, 15) is 9.59 Å². The lowest BCUT2D eigenvalue weighted by Crippen LogP contribution is -2.32. The van der Waals surface area contributed by atoms with Gasteiger partial charge in [-0.15, -0.1) is 0 Å². The summed E-state index contributed by atoms with van der Waals surface area (Å²) in [6.07, 6.45) is 0. The van der Waals surface area contributed by atoms with E-state index in [2.05, 4.69) is 15.4 Å². The second-order valence-electron chi connectivity index (χ2n) is 5.46. The number of ether oxygens (including phenoxy) is 3. The van der Waals surface area contributed by atoms with Crippen molar-refractivity contribution in [3.63, 3.8) is 0 Å². The minimum absolute atomic E-state index is 0.287. The highest BCUT2D eigenvalue weighted by Gasteiger charge is 2.08. The predicted octanol–water partition coefficient (Wildman–Crippen LogP) is 2.99. The summed E-state index contributed by atoms with van der Waals surface area (Å²) in [5.74, 6) is 0.801. The lowest BCUT2D eigenvalue weighted by molar-refractivity contribution is 0.0600. The van der Waals surface area contributed by atoms with E-state index in [0.29, 0.717) is 29.3 Å². The summed E-state index contributed by atoms with van der Waals surface area (Å²) < 4.78 is 15.5. The van der Waals surface area contributed by atoms with Gasteiger partial charge in [0.05, 0.1) is 26.3 Å². The summed E-state index contributed by atoms with van der Waals surface area (Å²) in [6.45, 7) is 2.56. The molecule has 0 aliphatic rings. The molecule has 7 nitrogen and oxygen atoms in total. The Hall–Kier alpha value is -3.22. The van der Waals surface area contributed by atoms with Crippen molar-refractivity contribution in [2.24, 2.45) is 0 Å². The summed E-state index contributed by atoms with van der Waals surface area (Å²) in [4.78, 5) is 23.4. The van der Waals surface area contributed by atoms with Crippen molar-refractivity contribution in [1.82, 2.24) is 5.32 Å². The van der Waals surface area contributed by atoms with Crippen LogP contribution in [0.3, 0.4) is 0 Å². The normalized spacial score (nSPS) is 9.96. The lowest BCUT2D eigenvalue weighted by Gasteiger charge is -2.12. The minimum Gasteiger partial charge on any atom is -0.493 e. The standard InChI is InChI=1S/C19H22N2O5/c1-13-7-8-16(17(11-13)24-2)26-10-9-20-19(23)21-15-6-4-5-14(12-15)18(22)25-3/h4-8,11-12H,9-10H2,1-3H3,(H2,20,21,23). The molecule has 0 unspecified atom stereocenters. The van der Waals surface area contributed by atoms with Crippen LogP contribution in [0.1, 0.15) is 15.9 Å². The van der Waals surface area contributed by atoms with Gasteiger partial charge in [-0.2, -0.15) is 0 Å². The molecule has 2 aromatic carbocycles. The number of carbonyl (C=O) groups is 2. The number of urea groups is 1. The number of methoxy groups -OCH3 is 2. The van der Waals surface area contributed by atoms with Gasteiger partial charge in [0, 0.05) is 5.69 Å². The van der Waals surface area contributed by atoms with Crippen molar-refractivity contribution in [2.45, 2.75) is 6.92 Å². The van der Waals surface area contributed by atoms with Gasteiger partial charge in [-0.3, -0.25) is 0 Å². The molecule has 0 bridgehead atoms. The molecule has 2 rings (SSSR count). The molecule has 0 aliphatic heterocycles. The van der Waals surface area contributed by atoms with E-state index in [1.54, 1.807) is 31.4 Å². The van der Waals surface area contributed by atoms with Crippen LogP contribution in [0.4, 0.5) is 10.5 Å². The molecule has 0 aliphatic carbocycles. The van der Waals surface area contributed by atoms with E-state index in [1.807, 2.05) is 25.1 Å². The van der Waals surface area contributed by atoms with E-state index in [0.717, 1.165) is 5.56 Å². The Morgan fingerprint density at radius 2 is 1.85 bits per heavy atom. The van der Waals surface area contributed by atoms with Gasteiger partial charge in [-0.05, 0) is 42.8 Å². The monoisotopic (exact) mass is 358 g/mol. The van der Waals surface area contributed by atoms with E-state index in [4.69, 9.17) is 9.47 Å². The molecule has 26 heavy (non-hydrogen) atoms. The second-order valence-corrected chi connectivity index (χ2v) is 5.46. The molecule has 2 aromatic rings. The Kier molecular flexibility index (Phi) is 6.84. The molecule has 2 N–H and O–H groups in total. The predicted molar refractivity (Wildman–Crippen MR) is 98.0 cm³/mol. The molecule has 0 spiro atoms. The number of rotatable bonds is 7. The Morgan fingerprint density at radius 3 is 2.58 bits per heavy atom. The van der Waals surface area contributed by atoms with E-state index >= 15 is 0 Å². The molecular formula is C19H22N2O5. The SMILES string of the molecule is COC(=O)c1cccc(NC(=O)NCCOc2ccc(C)cc2OC)c1. The van der Waals surface area contributed by atoms with Gasteiger partial charge in [0.1, 0.15) is 6.61 Å². The van der Waals surface area contributed by atoms with Crippen LogP contribution in [0.15, 0.2) is 42.5 Å². The molecular weight excluding hydrogens is 336 g/mol. The average molecular weight is 358 g/mol. The fourth-order valence-corrected chi connectivity index (χ4v) is 2.24. The van der Waals surface area contributed by atoms with Crippen LogP contribution in [-0.2, 0) is 4.74 Å². The number of nitrogens with one attached hydrogen (secondary N) is 2. The Morgan fingerprint density at radius 1 is 1.04 bits per heavy atom. The van der Waals surface area contributed by atoms with E-state index in [-0.39, 0.29) is 6.61 Å². The molecule has 138 valence electrons. The molecule has 0 aromatic heterocycles. The maximum atomic E-state index is 11.9. The maximum Gasteiger partial charge on any atom is 0.337 e. The number of aryl methyl sites for hydroxylation is 1. The lowest BCUT2D eigenvalue weighted by atomic mass is 10.2. The molecule has 0 saturated carbocycles. The van der Waals surface area contributed by atoms with Gasteiger partial charge in [0.25, 0.3) is 0 Å². The van der Waals surface area contributed by atoms with Gasteiger partial charge >= 0.3 is 12.0 Å². The highest BCUT2D eigenvalue weighted by atomic mass is 16.5. The van der Waals surface area contributed by atoms with E-state index < -0.39 is 12.0 Å². The van der Waals surface area contributed by atoms with Crippen molar-refractivity contribution in [3.8, 4) is 11.5 Å². The third-order valence-corrected chi connectivity index (χ3v) is 3.51. The van der Waals surface area contributed by atoms with Crippen LogP contribution >= 0.6 is 0 Å². The summed E-state index contributed by atoms with van der Waals surface area (Å²) in [5.41, 5.74) is 1.92. The smallest absolute Gasteiger partial charge is 0.337 e. The first-order valence-corrected chi connectivity index (χ1v) is 8.04. The zero-order chi connectivity index (χ0) is 18.9. The summed E-state index contributed by atoms with van der Waals surface area (Å²) >= 11 is 0. The summed E-state index contributed by atoms with van der Waals surface area (Å²) in [6, 6.07) is 11.7. The van der Waals surface area contributed by atoms with Crippen LogP contribution in [0.2, 0.25) is 0 Å². The van der Waals surface area contributed by atoms with Crippen molar-refractivity contribution >= 4 is 17.7 Å². The van der Waals surface area contributed by atoms with Crippen molar-refractivity contribution < 1.29 is 23.8 Å². The van der Waals surface area contributed by atoms with Crippen LogP contribution in [0.5, 0.6) is 11.5 Å². The fraction of sp³-hybridized carbons (Fsp3) is 0.263. The van der Waals surface area contributed by atoms with Gasteiger partial charge < -0.3 is 24.8 Å². The first kappa shape index (κ1) is 19.1. The van der Waals surface area contributed by atoms with Gasteiger partial charge in [-0.25, -0.2) is 9.59 Å². The Labute approximate surface area is 152 Å². The molecule has 0 saturated heterocycles. The van der Waals surface area contributed by atoms with Crippen LogP contribution in [-0.4, -0.2) is 39.4 Å². The second kappa shape index (κ2) is 9.31. The number of amides is 2. The molecule has 2 amide bonds. The molecule has 7 heteroatoms. The number of hydrogen-bond acceptors (Lipinski definition) is 5. The number of anilines is 1.